The molecule has 0 bridgehead atoms. The average Bonchev–Trinajstić information content (AvgIpc) is 2.72. The number of para-hydroxylation sites is 1. The molecule has 2 nitrogen and oxygen atoms in total. The number of hydrogen-bond donors (Lipinski definition) is 1. The van der Waals surface area contributed by atoms with E-state index in [1.165, 1.54) is 11.1 Å². The van der Waals surface area contributed by atoms with Crippen LogP contribution in [0.5, 0.6) is 0 Å². The van der Waals surface area contributed by atoms with Gasteiger partial charge in [0.25, 0.3) is 0 Å². The third-order valence-electron chi connectivity index (χ3n) is 5.41. The first-order valence-electron chi connectivity index (χ1n) is 10.4. The smallest absolute Gasteiger partial charge is 0.129 e. The zero-order valence-corrected chi connectivity index (χ0v) is 18.1. The lowest BCUT2D eigenvalue weighted by atomic mass is 9.86. The van der Waals surface area contributed by atoms with Gasteiger partial charge in [-0.05, 0) is 41.0 Å². The van der Waals surface area contributed by atoms with Gasteiger partial charge in [-0.3, -0.25) is 0 Å². The molecule has 1 N–H and O–H groups in total. The van der Waals surface area contributed by atoms with Crippen molar-refractivity contribution >= 4 is 11.4 Å². The van der Waals surface area contributed by atoms with Gasteiger partial charge in [-0.15, -0.1) is 0 Å². The summed E-state index contributed by atoms with van der Waals surface area (Å²) >= 11 is 0. The van der Waals surface area contributed by atoms with Gasteiger partial charge in [0.15, 0.2) is 0 Å². The van der Waals surface area contributed by atoms with Crippen molar-refractivity contribution in [3.63, 3.8) is 0 Å². The van der Waals surface area contributed by atoms with Crippen molar-refractivity contribution in [1.82, 2.24) is 0 Å². The molecule has 3 aromatic rings. The Labute approximate surface area is 175 Å². The molecule has 0 aliphatic heterocycles. The molecular weight excluding hydrogens is 354 g/mol. The maximum atomic E-state index is 11.7. The number of hydrogen-bond acceptors (Lipinski definition) is 2. The maximum absolute atomic E-state index is 11.7. The SMILES string of the molecule is CC(C)c1cccc(C(C)C)c1N=C(c1ccccc1)[C@](C)(O)c1ccccc1. The Balaban J connectivity index is 2.31. The summed E-state index contributed by atoms with van der Waals surface area (Å²) in [5.74, 6) is 0.678. The van der Waals surface area contributed by atoms with Crippen LogP contribution in [0.2, 0.25) is 0 Å². The van der Waals surface area contributed by atoms with Gasteiger partial charge in [0.05, 0.1) is 11.4 Å². The van der Waals surface area contributed by atoms with E-state index in [0.717, 1.165) is 16.8 Å². The molecule has 0 radical (unpaired) electrons. The van der Waals surface area contributed by atoms with Gasteiger partial charge in [0, 0.05) is 0 Å². The molecule has 3 aromatic carbocycles. The van der Waals surface area contributed by atoms with Gasteiger partial charge in [-0.25, -0.2) is 4.99 Å². The summed E-state index contributed by atoms with van der Waals surface area (Å²) in [6.45, 7) is 10.6. The Morgan fingerprint density at radius 1 is 0.724 bits per heavy atom. The second-order valence-electron chi connectivity index (χ2n) is 8.36. The fraction of sp³-hybridized carbons (Fsp3) is 0.296. The quantitative estimate of drug-likeness (QED) is 0.457. The summed E-state index contributed by atoms with van der Waals surface area (Å²) in [7, 11) is 0. The predicted molar refractivity (Wildman–Crippen MR) is 123 cm³/mol. The number of aliphatic hydroxyl groups is 1. The van der Waals surface area contributed by atoms with Crippen LogP contribution in [-0.2, 0) is 5.60 Å². The zero-order valence-electron chi connectivity index (χ0n) is 18.1. The Morgan fingerprint density at radius 3 is 1.69 bits per heavy atom. The van der Waals surface area contributed by atoms with Gasteiger partial charge in [0.2, 0.25) is 0 Å². The summed E-state index contributed by atoms with van der Waals surface area (Å²) in [6, 6.07) is 26.2. The standard InChI is InChI=1S/C27H31NO/c1-19(2)23-17-12-18-24(20(3)4)25(23)28-26(21-13-8-6-9-14-21)27(5,29)22-15-10-7-11-16-22/h6-20,29H,1-5H3/t27-/m1/s1. The van der Waals surface area contributed by atoms with E-state index in [1.807, 2.05) is 67.6 Å². The molecule has 150 valence electrons. The first-order chi connectivity index (χ1) is 13.8. The number of aliphatic imine (C=N–C) groups is 1. The van der Waals surface area contributed by atoms with Crippen molar-refractivity contribution in [3.05, 3.63) is 101 Å². The minimum absolute atomic E-state index is 0.339. The van der Waals surface area contributed by atoms with Crippen molar-refractivity contribution in [2.45, 2.75) is 52.1 Å². The lowest BCUT2D eigenvalue weighted by molar-refractivity contribution is 0.133. The molecule has 29 heavy (non-hydrogen) atoms. The highest BCUT2D eigenvalue weighted by atomic mass is 16.3. The van der Waals surface area contributed by atoms with Crippen LogP contribution >= 0.6 is 0 Å². The molecule has 0 amide bonds. The van der Waals surface area contributed by atoms with Crippen molar-refractivity contribution in [2.24, 2.45) is 4.99 Å². The molecule has 1 atom stereocenters. The van der Waals surface area contributed by atoms with E-state index in [1.54, 1.807) is 0 Å². The van der Waals surface area contributed by atoms with Crippen LogP contribution in [0.15, 0.2) is 83.9 Å². The summed E-state index contributed by atoms with van der Waals surface area (Å²) in [5.41, 5.74) is 4.58. The Morgan fingerprint density at radius 2 is 1.21 bits per heavy atom. The number of benzene rings is 3. The molecule has 0 aliphatic carbocycles. The Hall–Kier alpha value is -2.71. The molecule has 0 unspecified atom stereocenters. The predicted octanol–water partition coefficient (Wildman–Crippen LogP) is 6.96. The van der Waals surface area contributed by atoms with Gasteiger partial charge in [-0.2, -0.15) is 0 Å². The lowest BCUT2D eigenvalue weighted by Crippen LogP contribution is -2.33. The van der Waals surface area contributed by atoms with Crippen molar-refractivity contribution in [2.75, 3.05) is 0 Å². The summed E-state index contributed by atoms with van der Waals surface area (Å²) in [5, 5.41) is 11.7. The van der Waals surface area contributed by atoms with Gasteiger partial charge >= 0.3 is 0 Å². The third kappa shape index (κ3) is 4.49. The van der Waals surface area contributed by atoms with Crippen LogP contribution in [-0.4, -0.2) is 10.8 Å². The van der Waals surface area contributed by atoms with Crippen molar-refractivity contribution < 1.29 is 5.11 Å². The fourth-order valence-electron chi connectivity index (χ4n) is 3.70. The van der Waals surface area contributed by atoms with Crippen LogP contribution in [0.3, 0.4) is 0 Å². The summed E-state index contributed by atoms with van der Waals surface area (Å²) in [4.78, 5) is 5.19. The van der Waals surface area contributed by atoms with Crippen molar-refractivity contribution in [1.29, 1.82) is 0 Å². The minimum atomic E-state index is -1.22. The van der Waals surface area contributed by atoms with E-state index in [2.05, 4.69) is 45.9 Å². The first kappa shape index (κ1) is 21.0. The lowest BCUT2D eigenvalue weighted by Gasteiger charge is -2.28. The van der Waals surface area contributed by atoms with Crippen LogP contribution in [0, 0.1) is 0 Å². The van der Waals surface area contributed by atoms with Crippen LogP contribution in [0.4, 0.5) is 5.69 Å². The van der Waals surface area contributed by atoms with Crippen LogP contribution < -0.4 is 0 Å². The van der Waals surface area contributed by atoms with Crippen LogP contribution in [0.1, 0.15) is 68.7 Å². The average molecular weight is 386 g/mol. The van der Waals surface area contributed by atoms with Crippen LogP contribution in [0.25, 0.3) is 0 Å². The van der Waals surface area contributed by atoms with E-state index >= 15 is 0 Å². The molecule has 0 saturated heterocycles. The number of rotatable bonds is 6. The highest BCUT2D eigenvalue weighted by Crippen LogP contribution is 2.37. The fourth-order valence-corrected chi connectivity index (χ4v) is 3.70. The molecule has 0 fully saturated rings. The highest BCUT2D eigenvalue weighted by molar-refractivity contribution is 6.08. The minimum Gasteiger partial charge on any atom is -0.379 e. The van der Waals surface area contributed by atoms with E-state index in [4.69, 9.17) is 4.99 Å². The molecule has 0 spiro atoms. The molecule has 2 heteroatoms. The van der Waals surface area contributed by atoms with Crippen molar-refractivity contribution in [3.8, 4) is 0 Å². The Kier molecular flexibility index (Phi) is 6.34. The van der Waals surface area contributed by atoms with E-state index < -0.39 is 5.60 Å². The first-order valence-corrected chi connectivity index (χ1v) is 10.4. The zero-order chi connectivity index (χ0) is 21.0. The van der Waals surface area contributed by atoms with Gasteiger partial charge < -0.3 is 5.11 Å². The van der Waals surface area contributed by atoms with E-state index in [-0.39, 0.29) is 0 Å². The van der Waals surface area contributed by atoms with E-state index in [0.29, 0.717) is 17.5 Å². The molecule has 0 aromatic heterocycles. The largest absolute Gasteiger partial charge is 0.379 e. The van der Waals surface area contributed by atoms with E-state index in [9.17, 15) is 5.11 Å². The topological polar surface area (TPSA) is 32.6 Å². The second-order valence-corrected chi connectivity index (χ2v) is 8.36. The third-order valence-corrected chi connectivity index (χ3v) is 5.41. The molecule has 0 saturated carbocycles. The number of nitrogens with zero attached hydrogens (tertiary/aromatic N) is 1. The monoisotopic (exact) mass is 385 g/mol. The van der Waals surface area contributed by atoms with Gasteiger partial charge in [0.1, 0.15) is 5.60 Å². The summed E-state index contributed by atoms with van der Waals surface area (Å²) in [6.07, 6.45) is 0. The van der Waals surface area contributed by atoms with Gasteiger partial charge in [-0.1, -0.05) is 107 Å². The maximum Gasteiger partial charge on any atom is 0.129 e. The molecule has 3 rings (SSSR count). The molecule has 0 heterocycles. The molecular formula is C27H31NO. The highest BCUT2D eigenvalue weighted by Gasteiger charge is 2.31. The Bertz CT molecular complexity index is 944. The second kappa shape index (κ2) is 8.75. The summed E-state index contributed by atoms with van der Waals surface area (Å²) < 4.78 is 0. The normalized spacial score (nSPS) is 14.3. The molecule has 0 aliphatic rings.